The predicted octanol–water partition coefficient (Wildman–Crippen LogP) is 2.44. The monoisotopic (exact) mass is 344 g/mol. The first kappa shape index (κ1) is 17.7. The minimum Gasteiger partial charge on any atom is -0.393 e. The van der Waals surface area contributed by atoms with Gasteiger partial charge in [-0.05, 0) is 40.5 Å². The van der Waals surface area contributed by atoms with Crippen LogP contribution in [0.25, 0.3) is 0 Å². The molecule has 0 radical (unpaired) electrons. The van der Waals surface area contributed by atoms with Gasteiger partial charge in [-0.25, -0.2) is 9.97 Å². The zero-order valence-corrected chi connectivity index (χ0v) is 15.5. The van der Waals surface area contributed by atoms with Crippen molar-refractivity contribution in [1.29, 1.82) is 0 Å². The quantitative estimate of drug-likeness (QED) is 0.867. The molecule has 1 aliphatic rings. The molecule has 25 heavy (non-hydrogen) atoms. The Morgan fingerprint density at radius 3 is 2.64 bits per heavy atom. The Hall–Kier alpha value is -2.15. The predicted molar refractivity (Wildman–Crippen MR) is 98.9 cm³/mol. The van der Waals surface area contributed by atoms with Crippen LogP contribution >= 0.6 is 0 Å². The third-order valence-electron chi connectivity index (χ3n) is 4.98. The van der Waals surface area contributed by atoms with Gasteiger partial charge in [-0.3, -0.25) is 4.68 Å². The van der Waals surface area contributed by atoms with Gasteiger partial charge in [-0.2, -0.15) is 5.10 Å². The second kappa shape index (κ2) is 7.39. The lowest BCUT2D eigenvalue weighted by Crippen LogP contribution is -2.36. The SMILES string of the molecule is CCn1nc(C)c(C(C)Nc2cc(N3CCC(O)CC3)ncn2)c1C. The van der Waals surface area contributed by atoms with E-state index in [9.17, 15) is 5.11 Å². The first-order valence-electron chi connectivity index (χ1n) is 9.05. The summed E-state index contributed by atoms with van der Waals surface area (Å²) in [6.45, 7) is 10.9. The molecule has 1 unspecified atom stereocenters. The summed E-state index contributed by atoms with van der Waals surface area (Å²) in [4.78, 5) is 11.0. The number of aryl methyl sites for hydroxylation is 2. The zero-order chi connectivity index (χ0) is 18.0. The Kier molecular flexibility index (Phi) is 5.22. The molecule has 0 aromatic carbocycles. The second-order valence-electron chi connectivity index (χ2n) is 6.75. The molecule has 136 valence electrons. The van der Waals surface area contributed by atoms with Gasteiger partial charge in [-0.15, -0.1) is 0 Å². The largest absolute Gasteiger partial charge is 0.393 e. The standard InChI is InChI=1S/C18H28N6O/c1-5-24-14(4)18(13(3)22-24)12(2)21-16-10-17(20-11-19-16)23-8-6-15(25)7-9-23/h10-12,15,25H,5-9H2,1-4H3,(H,19,20,21). The summed E-state index contributed by atoms with van der Waals surface area (Å²) < 4.78 is 2.04. The van der Waals surface area contributed by atoms with Gasteiger partial charge in [0.15, 0.2) is 0 Å². The number of rotatable bonds is 5. The molecule has 1 fully saturated rings. The van der Waals surface area contributed by atoms with Crippen LogP contribution < -0.4 is 10.2 Å². The van der Waals surface area contributed by atoms with Gasteiger partial charge in [0.25, 0.3) is 0 Å². The molecule has 1 aliphatic heterocycles. The average Bonchev–Trinajstić information content (AvgIpc) is 2.89. The van der Waals surface area contributed by atoms with Crippen molar-refractivity contribution in [2.75, 3.05) is 23.3 Å². The zero-order valence-electron chi connectivity index (χ0n) is 15.5. The summed E-state index contributed by atoms with van der Waals surface area (Å²) in [5.41, 5.74) is 3.47. The number of aromatic nitrogens is 4. The molecule has 2 aromatic heterocycles. The van der Waals surface area contributed by atoms with Crippen molar-refractivity contribution in [3.63, 3.8) is 0 Å². The van der Waals surface area contributed by atoms with E-state index in [0.29, 0.717) is 0 Å². The van der Waals surface area contributed by atoms with E-state index in [1.54, 1.807) is 6.33 Å². The highest BCUT2D eigenvalue weighted by molar-refractivity contribution is 5.50. The van der Waals surface area contributed by atoms with E-state index in [1.807, 2.05) is 10.7 Å². The molecule has 1 atom stereocenters. The summed E-state index contributed by atoms with van der Waals surface area (Å²) in [5, 5.41) is 17.8. The molecule has 3 heterocycles. The Morgan fingerprint density at radius 1 is 1.28 bits per heavy atom. The summed E-state index contributed by atoms with van der Waals surface area (Å²) in [7, 11) is 0. The lowest BCUT2D eigenvalue weighted by Gasteiger charge is -2.30. The maximum absolute atomic E-state index is 9.67. The van der Waals surface area contributed by atoms with Gasteiger partial charge in [0.2, 0.25) is 0 Å². The molecule has 2 N–H and O–H groups in total. The number of anilines is 2. The van der Waals surface area contributed by atoms with Crippen LogP contribution in [0.4, 0.5) is 11.6 Å². The number of aliphatic hydroxyl groups excluding tert-OH is 1. The minimum atomic E-state index is -0.184. The highest BCUT2D eigenvalue weighted by Crippen LogP contribution is 2.26. The molecule has 7 heteroatoms. The van der Waals surface area contributed by atoms with Crippen molar-refractivity contribution >= 4 is 11.6 Å². The number of aliphatic hydroxyl groups is 1. The maximum atomic E-state index is 9.67. The van der Waals surface area contributed by atoms with E-state index in [0.717, 1.165) is 49.8 Å². The molecule has 0 bridgehead atoms. The van der Waals surface area contributed by atoms with Gasteiger partial charge in [-0.1, -0.05) is 0 Å². The molecule has 3 rings (SSSR count). The van der Waals surface area contributed by atoms with Crippen molar-refractivity contribution in [1.82, 2.24) is 19.7 Å². The second-order valence-corrected chi connectivity index (χ2v) is 6.75. The summed E-state index contributed by atoms with van der Waals surface area (Å²) in [6, 6.07) is 2.11. The van der Waals surface area contributed by atoms with Crippen LogP contribution in [-0.4, -0.2) is 44.0 Å². The third-order valence-corrected chi connectivity index (χ3v) is 4.98. The van der Waals surface area contributed by atoms with Crippen molar-refractivity contribution < 1.29 is 5.11 Å². The van der Waals surface area contributed by atoms with E-state index in [2.05, 4.69) is 53.0 Å². The number of piperidine rings is 1. The highest BCUT2D eigenvalue weighted by atomic mass is 16.3. The average molecular weight is 344 g/mol. The Morgan fingerprint density at radius 2 is 2.00 bits per heavy atom. The number of nitrogens with zero attached hydrogens (tertiary/aromatic N) is 5. The first-order chi connectivity index (χ1) is 12.0. The lowest BCUT2D eigenvalue weighted by molar-refractivity contribution is 0.145. The van der Waals surface area contributed by atoms with Gasteiger partial charge in [0.1, 0.15) is 18.0 Å². The first-order valence-corrected chi connectivity index (χ1v) is 9.05. The molecule has 0 amide bonds. The molecule has 0 saturated carbocycles. The molecule has 2 aromatic rings. The molecule has 7 nitrogen and oxygen atoms in total. The molecule has 1 saturated heterocycles. The highest BCUT2D eigenvalue weighted by Gasteiger charge is 2.20. The number of nitrogens with one attached hydrogen (secondary N) is 1. The van der Waals surface area contributed by atoms with Crippen molar-refractivity contribution in [3.05, 3.63) is 29.3 Å². The van der Waals surface area contributed by atoms with Crippen LogP contribution in [-0.2, 0) is 6.54 Å². The van der Waals surface area contributed by atoms with Crippen LogP contribution in [0.15, 0.2) is 12.4 Å². The fourth-order valence-electron chi connectivity index (χ4n) is 3.63. The van der Waals surface area contributed by atoms with Crippen molar-refractivity contribution in [2.24, 2.45) is 0 Å². The Bertz CT molecular complexity index is 720. The van der Waals surface area contributed by atoms with E-state index < -0.39 is 0 Å². The number of hydrogen-bond donors (Lipinski definition) is 2. The van der Waals surface area contributed by atoms with Gasteiger partial charge in [0.05, 0.1) is 17.8 Å². The summed E-state index contributed by atoms with van der Waals surface area (Å²) >= 11 is 0. The topological polar surface area (TPSA) is 79.1 Å². The smallest absolute Gasteiger partial charge is 0.134 e. The normalized spacial score (nSPS) is 16.9. The molecule has 0 aliphatic carbocycles. The summed E-state index contributed by atoms with van der Waals surface area (Å²) in [6.07, 6.45) is 3.00. The third kappa shape index (κ3) is 3.76. The van der Waals surface area contributed by atoms with Crippen LogP contribution in [0, 0.1) is 13.8 Å². The molecule has 0 spiro atoms. The molecular weight excluding hydrogens is 316 g/mol. The van der Waals surface area contributed by atoms with Crippen LogP contribution in [0.5, 0.6) is 0 Å². The Labute approximate surface area is 149 Å². The van der Waals surface area contributed by atoms with Crippen LogP contribution in [0.2, 0.25) is 0 Å². The minimum absolute atomic E-state index is 0.117. The Balaban J connectivity index is 1.75. The van der Waals surface area contributed by atoms with Gasteiger partial charge < -0.3 is 15.3 Å². The summed E-state index contributed by atoms with van der Waals surface area (Å²) in [5.74, 6) is 1.72. The van der Waals surface area contributed by atoms with Gasteiger partial charge in [0, 0.05) is 37.0 Å². The van der Waals surface area contributed by atoms with Crippen molar-refractivity contribution in [3.8, 4) is 0 Å². The fraction of sp³-hybridized carbons (Fsp3) is 0.611. The van der Waals surface area contributed by atoms with Gasteiger partial charge >= 0.3 is 0 Å². The fourth-order valence-corrected chi connectivity index (χ4v) is 3.63. The molecular formula is C18H28N6O. The van der Waals surface area contributed by atoms with E-state index in [-0.39, 0.29) is 12.1 Å². The van der Waals surface area contributed by atoms with E-state index in [4.69, 9.17) is 0 Å². The van der Waals surface area contributed by atoms with Crippen molar-refractivity contribution in [2.45, 2.75) is 59.2 Å². The van der Waals surface area contributed by atoms with E-state index in [1.165, 1.54) is 11.3 Å². The van der Waals surface area contributed by atoms with Crippen LogP contribution in [0.3, 0.4) is 0 Å². The van der Waals surface area contributed by atoms with E-state index >= 15 is 0 Å². The lowest BCUT2D eigenvalue weighted by atomic mass is 10.1. The maximum Gasteiger partial charge on any atom is 0.134 e. The van der Waals surface area contributed by atoms with Crippen LogP contribution in [0.1, 0.15) is 49.7 Å². The number of hydrogen-bond acceptors (Lipinski definition) is 6.